The first-order valence-electron chi connectivity index (χ1n) is 6.67. The first-order chi connectivity index (χ1) is 9.76. The number of thiazole rings is 1. The molecule has 1 amide bonds. The molecule has 1 aromatic heterocycles. The van der Waals surface area contributed by atoms with E-state index in [0.717, 1.165) is 24.1 Å². The van der Waals surface area contributed by atoms with Crippen molar-refractivity contribution in [2.24, 2.45) is 5.92 Å². The van der Waals surface area contributed by atoms with E-state index in [4.69, 9.17) is 0 Å². The highest BCUT2D eigenvalue weighted by atomic mass is 32.2. The standard InChI is InChI=1S/C15H16N2OS2/c1-19-12-7-5-10(6-8-12)13-9-20-15(16-13)17-14(18)11-3-2-4-11/h5-9,11H,2-4H2,1H3,(H,16,17,18). The Morgan fingerprint density at radius 1 is 1.35 bits per heavy atom. The molecule has 3 nitrogen and oxygen atoms in total. The fourth-order valence-corrected chi connectivity index (χ4v) is 3.23. The van der Waals surface area contributed by atoms with Crippen LogP contribution in [0.1, 0.15) is 19.3 Å². The van der Waals surface area contributed by atoms with Gasteiger partial charge in [0, 0.05) is 21.8 Å². The molecule has 1 aliphatic rings. The van der Waals surface area contributed by atoms with Gasteiger partial charge in [0.2, 0.25) is 5.91 Å². The number of nitrogens with zero attached hydrogens (tertiary/aromatic N) is 1. The number of anilines is 1. The van der Waals surface area contributed by atoms with Crippen LogP contribution in [-0.2, 0) is 4.79 Å². The summed E-state index contributed by atoms with van der Waals surface area (Å²) in [5.41, 5.74) is 2.01. The summed E-state index contributed by atoms with van der Waals surface area (Å²) in [6, 6.07) is 8.31. The zero-order chi connectivity index (χ0) is 13.9. The molecule has 0 unspecified atom stereocenters. The average Bonchev–Trinajstić information content (AvgIpc) is 2.85. The van der Waals surface area contributed by atoms with Crippen LogP contribution < -0.4 is 5.32 Å². The Bertz CT molecular complexity index is 603. The Kier molecular flexibility index (Phi) is 4.08. The van der Waals surface area contributed by atoms with Gasteiger partial charge in [0.15, 0.2) is 5.13 Å². The van der Waals surface area contributed by atoms with Gasteiger partial charge in [0.05, 0.1) is 5.69 Å². The zero-order valence-electron chi connectivity index (χ0n) is 11.3. The maximum absolute atomic E-state index is 11.9. The van der Waals surface area contributed by atoms with Gasteiger partial charge in [-0.2, -0.15) is 0 Å². The van der Waals surface area contributed by atoms with E-state index in [-0.39, 0.29) is 11.8 Å². The first-order valence-corrected chi connectivity index (χ1v) is 8.77. The number of hydrogen-bond acceptors (Lipinski definition) is 4. The van der Waals surface area contributed by atoms with Crippen LogP contribution in [-0.4, -0.2) is 17.1 Å². The predicted molar refractivity (Wildman–Crippen MR) is 85.3 cm³/mol. The molecule has 0 radical (unpaired) electrons. The van der Waals surface area contributed by atoms with Crippen LogP contribution in [0.3, 0.4) is 0 Å². The number of aromatic nitrogens is 1. The highest BCUT2D eigenvalue weighted by molar-refractivity contribution is 7.98. The second-order valence-electron chi connectivity index (χ2n) is 4.88. The van der Waals surface area contributed by atoms with Gasteiger partial charge in [-0.1, -0.05) is 18.6 Å². The molecule has 0 spiro atoms. The number of benzene rings is 1. The van der Waals surface area contributed by atoms with Crippen LogP contribution in [0.4, 0.5) is 5.13 Å². The van der Waals surface area contributed by atoms with E-state index >= 15 is 0 Å². The Morgan fingerprint density at radius 2 is 2.10 bits per heavy atom. The number of nitrogens with one attached hydrogen (secondary N) is 1. The highest BCUT2D eigenvalue weighted by Gasteiger charge is 2.25. The largest absolute Gasteiger partial charge is 0.302 e. The second-order valence-corrected chi connectivity index (χ2v) is 6.62. The van der Waals surface area contributed by atoms with Gasteiger partial charge < -0.3 is 5.32 Å². The van der Waals surface area contributed by atoms with Crippen molar-refractivity contribution >= 4 is 34.1 Å². The third kappa shape index (κ3) is 2.88. The van der Waals surface area contributed by atoms with Crippen LogP contribution in [0.2, 0.25) is 0 Å². The van der Waals surface area contributed by atoms with Crippen LogP contribution in [0.15, 0.2) is 34.5 Å². The lowest BCUT2D eigenvalue weighted by molar-refractivity contribution is -0.122. The van der Waals surface area contributed by atoms with Crippen LogP contribution in [0.25, 0.3) is 11.3 Å². The van der Waals surface area contributed by atoms with E-state index in [0.29, 0.717) is 5.13 Å². The summed E-state index contributed by atoms with van der Waals surface area (Å²) in [5, 5.41) is 5.61. The Balaban J connectivity index is 1.70. The Morgan fingerprint density at radius 3 is 2.70 bits per heavy atom. The van der Waals surface area contributed by atoms with Gasteiger partial charge in [-0.3, -0.25) is 4.79 Å². The van der Waals surface area contributed by atoms with Crippen molar-refractivity contribution < 1.29 is 4.79 Å². The molecule has 1 saturated carbocycles. The number of amides is 1. The molecule has 0 saturated heterocycles. The normalized spacial score (nSPS) is 14.8. The minimum Gasteiger partial charge on any atom is -0.302 e. The lowest BCUT2D eigenvalue weighted by Gasteiger charge is -2.23. The Labute approximate surface area is 126 Å². The molecular weight excluding hydrogens is 288 g/mol. The molecule has 1 fully saturated rings. The Hall–Kier alpha value is -1.33. The van der Waals surface area contributed by atoms with E-state index in [1.807, 2.05) is 5.38 Å². The average molecular weight is 304 g/mol. The van der Waals surface area contributed by atoms with Crippen molar-refractivity contribution in [2.45, 2.75) is 24.2 Å². The summed E-state index contributed by atoms with van der Waals surface area (Å²) in [6.07, 6.45) is 5.26. The number of carbonyl (C=O) groups excluding carboxylic acids is 1. The molecule has 0 aliphatic heterocycles. The first kappa shape index (κ1) is 13.6. The monoisotopic (exact) mass is 304 g/mol. The van der Waals surface area contributed by atoms with E-state index in [1.165, 1.54) is 22.7 Å². The summed E-state index contributed by atoms with van der Waals surface area (Å²) in [7, 11) is 0. The molecule has 3 rings (SSSR count). The molecule has 1 aliphatic carbocycles. The van der Waals surface area contributed by atoms with Gasteiger partial charge in [-0.25, -0.2) is 4.98 Å². The molecule has 1 aromatic carbocycles. The summed E-state index contributed by atoms with van der Waals surface area (Å²) in [6.45, 7) is 0. The van der Waals surface area contributed by atoms with Gasteiger partial charge in [-0.15, -0.1) is 23.1 Å². The number of thioether (sulfide) groups is 1. The quantitative estimate of drug-likeness (QED) is 0.858. The number of hydrogen-bond donors (Lipinski definition) is 1. The summed E-state index contributed by atoms with van der Waals surface area (Å²) in [4.78, 5) is 17.6. The number of carbonyl (C=O) groups is 1. The third-order valence-corrected chi connectivity index (χ3v) is 5.10. The molecular formula is C15H16N2OS2. The molecule has 1 N–H and O–H groups in total. The summed E-state index contributed by atoms with van der Waals surface area (Å²) in [5.74, 6) is 0.318. The second kappa shape index (κ2) is 5.97. The lowest BCUT2D eigenvalue weighted by atomic mass is 9.85. The molecule has 1 heterocycles. The van der Waals surface area contributed by atoms with Gasteiger partial charge in [-0.05, 0) is 31.2 Å². The van der Waals surface area contributed by atoms with E-state index < -0.39 is 0 Å². The fraction of sp³-hybridized carbons (Fsp3) is 0.333. The van der Waals surface area contributed by atoms with Crippen molar-refractivity contribution in [3.8, 4) is 11.3 Å². The molecule has 104 valence electrons. The van der Waals surface area contributed by atoms with Crippen LogP contribution in [0.5, 0.6) is 0 Å². The smallest absolute Gasteiger partial charge is 0.229 e. The van der Waals surface area contributed by atoms with Crippen molar-refractivity contribution in [1.29, 1.82) is 0 Å². The third-order valence-electron chi connectivity index (χ3n) is 3.60. The molecule has 5 heteroatoms. The van der Waals surface area contributed by atoms with Crippen LogP contribution >= 0.6 is 23.1 Å². The minimum atomic E-state index is 0.120. The van der Waals surface area contributed by atoms with Crippen LogP contribution in [0, 0.1) is 5.92 Å². The molecule has 20 heavy (non-hydrogen) atoms. The van der Waals surface area contributed by atoms with Crippen molar-refractivity contribution in [2.75, 3.05) is 11.6 Å². The van der Waals surface area contributed by atoms with Gasteiger partial charge in [0.1, 0.15) is 0 Å². The van der Waals surface area contributed by atoms with Crippen molar-refractivity contribution in [3.63, 3.8) is 0 Å². The predicted octanol–water partition coefficient (Wildman–Crippen LogP) is 4.27. The van der Waals surface area contributed by atoms with Crippen molar-refractivity contribution in [3.05, 3.63) is 29.6 Å². The topological polar surface area (TPSA) is 42.0 Å². The van der Waals surface area contributed by atoms with E-state index in [2.05, 4.69) is 40.8 Å². The van der Waals surface area contributed by atoms with E-state index in [1.54, 1.807) is 11.8 Å². The maximum Gasteiger partial charge on any atom is 0.229 e. The highest BCUT2D eigenvalue weighted by Crippen LogP contribution is 2.30. The molecule has 0 bridgehead atoms. The van der Waals surface area contributed by atoms with Gasteiger partial charge in [0.25, 0.3) is 0 Å². The van der Waals surface area contributed by atoms with Crippen molar-refractivity contribution in [1.82, 2.24) is 4.98 Å². The fourth-order valence-electron chi connectivity index (χ4n) is 2.10. The SMILES string of the molecule is CSc1ccc(-c2csc(NC(=O)C3CCC3)n2)cc1. The molecule has 0 atom stereocenters. The number of rotatable bonds is 4. The minimum absolute atomic E-state index is 0.120. The summed E-state index contributed by atoms with van der Waals surface area (Å²) >= 11 is 3.21. The zero-order valence-corrected chi connectivity index (χ0v) is 12.9. The lowest BCUT2D eigenvalue weighted by Crippen LogP contribution is -2.27. The molecule has 2 aromatic rings. The maximum atomic E-state index is 11.9. The van der Waals surface area contributed by atoms with E-state index in [9.17, 15) is 4.79 Å². The van der Waals surface area contributed by atoms with Gasteiger partial charge >= 0.3 is 0 Å². The summed E-state index contributed by atoms with van der Waals surface area (Å²) < 4.78 is 0.